The Hall–Kier alpha value is -3.93. The minimum Gasteiger partial charge on any atom is -0.490 e. The summed E-state index contributed by atoms with van der Waals surface area (Å²) >= 11 is 0. The van der Waals surface area contributed by atoms with Crippen LogP contribution in [0.5, 0.6) is 5.75 Å². The molecule has 9 nitrogen and oxygen atoms in total. The lowest BCUT2D eigenvalue weighted by Crippen LogP contribution is -2.44. The first-order valence-electron chi connectivity index (χ1n) is 14.2. The minimum absolute atomic E-state index is 0.276. The van der Waals surface area contributed by atoms with E-state index in [1.54, 1.807) is 12.4 Å². The molecule has 208 valence electrons. The maximum atomic E-state index is 12.3. The summed E-state index contributed by atoms with van der Waals surface area (Å²) in [5.74, 6) is 2.14. The standard InChI is InChI=1S/C31H37N7O2/c1-19(21-8-9-21)38(16-22-12-25(28(33)39)35-27-26(22)40-17-30(27,2)3)24-7-5-6-23(13-24)31(14-20(15-31)10-11-32)29-36-34-18-37(29)4/h5-7,12-13,18-21H,8-10,14-17H2,1-4H3,(H2,33,39)/t19-,20?,31?/m0/s1. The van der Waals surface area contributed by atoms with Gasteiger partial charge in [0.05, 0.1) is 23.8 Å². The molecule has 1 aromatic carbocycles. The molecule has 1 amide bonds. The number of pyridine rings is 1. The van der Waals surface area contributed by atoms with Gasteiger partial charge >= 0.3 is 0 Å². The topological polar surface area (TPSA) is 123 Å². The van der Waals surface area contributed by atoms with Crippen molar-refractivity contribution in [3.05, 3.63) is 65.0 Å². The number of aromatic nitrogens is 4. The van der Waals surface area contributed by atoms with Crippen LogP contribution in [0.15, 0.2) is 36.7 Å². The largest absolute Gasteiger partial charge is 0.490 e. The maximum Gasteiger partial charge on any atom is 0.267 e. The summed E-state index contributed by atoms with van der Waals surface area (Å²) < 4.78 is 8.19. The van der Waals surface area contributed by atoms with Gasteiger partial charge in [0.15, 0.2) is 0 Å². The highest BCUT2D eigenvalue weighted by Gasteiger charge is 2.50. The predicted octanol–water partition coefficient (Wildman–Crippen LogP) is 4.39. The van der Waals surface area contributed by atoms with Crippen molar-refractivity contribution in [1.29, 1.82) is 5.26 Å². The number of ether oxygens (including phenoxy) is 1. The van der Waals surface area contributed by atoms with Gasteiger partial charge in [-0.15, -0.1) is 10.2 Å². The average Bonchev–Trinajstić information content (AvgIpc) is 3.60. The number of primary amides is 1. The van der Waals surface area contributed by atoms with Crippen molar-refractivity contribution in [3.8, 4) is 11.8 Å². The summed E-state index contributed by atoms with van der Waals surface area (Å²) in [6, 6.07) is 13.2. The maximum absolute atomic E-state index is 12.3. The molecule has 3 aliphatic rings. The number of hydrogen-bond donors (Lipinski definition) is 1. The molecule has 2 aromatic heterocycles. The van der Waals surface area contributed by atoms with Crippen LogP contribution in [0.25, 0.3) is 0 Å². The summed E-state index contributed by atoms with van der Waals surface area (Å²) in [5.41, 5.74) is 9.46. The number of benzene rings is 1. The van der Waals surface area contributed by atoms with Gasteiger partial charge in [-0.1, -0.05) is 26.0 Å². The quantitative estimate of drug-likeness (QED) is 0.428. The Morgan fingerprint density at radius 3 is 2.73 bits per heavy atom. The normalized spacial score (nSPS) is 23.4. The number of anilines is 1. The number of aryl methyl sites for hydroxylation is 1. The molecule has 2 aliphatic carbocycles. The van der Waals surface area contributed by atoms with Crippen LogP contribution < -0.4 is 15.4 Å². The Morgan fingerprint density at radius 1 is 1.30 bits per heavy atom. The van der Waals surface area contributed by atoms with Crippen molar-refractivity contribution in [2.45, 2.75) is 76.3 Å². The molecule has 1 atom stereocenters. The van der Waals surface area contributed by atoms with E-state index >= 15 is 0 Å². The molecule has 0 radical (unpaired) electrons. The lowest BCUT2D eigenvalue weighted by atomic mass is 9.57. The van der Waals surface area contributed by atoms with Crippen LogP contribution in [0.4, 0.5) is 5.69 Å². The van der Waals surface area contributed by atoms with Gasteiger partial charge in [-0.25, -0.2) is 4.98 Å². The molecule has 6 rings (SSSR count). The monoisotopic (exact) mass is 539 g/mol. The van der Waals surface area contributed by atoms with Crippen LogP contribution in [0.1, 0.15) is 86.0 Å². The Morgan fingerprint density at radius 2 is 2.08 bits per heavy atom. The Labute approximate surface area is 235 Å². The predicted molar refractivity (Wildman–Crippen MR) is 151 cm³/mol. The first-order valence-corrected chi connectivity index (χ1v) is 14.2. The van der Waals surface area contributed by atoms with Crippen LogP contribution in [0.3, 0.4) is 0 Å². The highest BCUT2D eigenvalue weighted by atomic mass is 16.5. The number of carbonyl (C=O) groups is 1. The fourth-order valence-electron chi connectivity index (χ4n) is 6.70. The number of hydrogen-bond acceptors (Lipinski definition) is 7. The number of nitriles is 1. The zero-order valence-corrected chi connectivity index (χ0v) is 23.7. The molecule has 9 heteroatoms. The van der Waals surface area contributed by atoms with Crippen LogP contribution in [-0.4, -0.2) is 38.3 Å². The van der Waals surface area contributed by atoms with Gasteiger partial charge < -0.3 is 19.9 Å². The summed E-state index contributed by atoms with van der Waals surface area (Å²) in [6.07, 6.45) is 6.47. The number of nitrogens with zero attached hydrogens (tertiary/aromatic N) is 6. The van der Waals surface area contributed by atoms with E-state index in [2.05, 4.69) is 71.2 Å². The number of carbonyl (C=O) groups excluding carboxylic acids is 1. The van der Waals surface area contributed by atoms with Crippen molar-refractivity contribution >= 4 is 11.6 Å². The second kappa shape index (κ2) is 9.61. The molecule has 3 heterocycles. The molecule has 3 aromatic rings. The first-order chi connectivity index (χ1) is 19.1. The van der Waals surface area contributed by atoms with E-state index < -0.39 is 5.91 Å². The number of rotatable bonds is 9. The van der Waals surface area contributed by atoms with Crippen molar-refractivity contribution in [2.24, 2.45) is 24.6 Å². The summed E-state index contributed by atoms with van der Waals surface area (Å²) in [7, 11) is 1.99. The van der Waals surface area contributed by atoms with Gasteiger partial charge in [-0.3, -0.25) is 4.79 Å². The summed E-state index contributed by atoms with van der Waals surface area (Å²) in [4.78, 5) is 19.3. The van der Waals surface area contributed by atoms with E-state index in [4.69, 9.17) is 10.5 Å². The van der Waals surface area contributed by atoms with Gasteiger partial charge in [0.2, 0.25) is 0 Å². The minimum atomic E-state index is -0.530. The number of amides is 1. The van der Waals surface area contributed by atoms with E-state index in [0.29, 0.717) is 37.5 Å². The van der Waals surface area contributed by atoms with E-state index in [9.17, 15) is 10.1 Å². The summed E-state index contributed by atoms with van der Waals surface area (Å²) in [5, 5.41) is 18.0. The van der Waals surface area contributed by atoms with Crippen molar-refractivity contribution in [2.75, 3.05) is 11.5 Å². The molecule has 2 fully saturated rings. The third kappa shape index (κ3) is 4.40. The van der Waals surface area contributed by atoms with E-state index in [0.717, 1.165) is 41.4 Å². The van der Waals surface area contributed by atoms with Gasteiger partial charge in [0.25, 0.3) is 5.91 Å². The average molecular weight is 540 g/mol. The number of nitrogens with two attached hydrogens (primary N) is 1. The molecule has 40 heavy (non-hydrogen) atoms. The fraction of sp³-hybridized carbons (Fsp3) is 0.516. The molecule has 0 saturated heterocycles. The molecule has 0 unspecified atom stereocenters. The molecular weight excluding hydrogens is 502 g/mol. The third-order valence-corrected chi connectivity index (χ3v) is 9.18. The smallest absolute Gasteiger partial charge is 0.267 e. The lowest BCUT2D eigenvalue weighted by Gasteiger charge is -2.47. The van der Waals surface area contributed by atoms with Crippen LogP contribution in [0, 0.1) is 23.2 Å². The van der Waals surface area contributed by atoms with Crippen molar-refractivity contribution in [1.82, 2.24) is 19.7 Å². The SMILES string of the molecule is C[C@@H](C1CC1)N(Cc1cc(C(N)=O)nc2c1OCC2(C)C)c1cccc(C2(c3nncn3C)CC(CC#N)C2)c1. The zero-order chi connectivity index (χ0) is 28.2. The second-order valence-corrected chi connectivity index (χ2v) is 12.6. The van der Waals surface area contributed by atoms with E-state index in [1.807, 2.05) is 11.6 Å². The second-order valence-electron chi connectivity index (χ2n) is 12.6. The first kappa shape index (κ1) is 26.3. The van der Waals surface area contributed by atoms with Gasteiger partial charge in [0, 0.05) is 42.7 Å². The van der Waals surface area contributed by atoms with E-state index in [1.165, 1.54) is 18.4 Å². The Kier molecular flexibility index (Phi) is 6.32. The molecule has 0 bridgehead atoms. The zero-order valence-electron chi connectivity index (χ0n) is 23.7. The van der Waals surface area contributed by atoms with Crippen LogP contribution in [0.2, 0.25) is 0 Å². The van der Waals surface area contributed by atoms with Crippen LogP contribution in [-0.2, 0) is 24.4 Å². The highest BCUT2D eigenvalue weighted by Crippen LogP contribution is 2.53. The lowest BCUT2D eigenvalue weighted by molar-refractivity contribution is 0.0995. The molecular formula is C31H37N7O2. The fourth-order valence-corrected chi connectivity index (χ4v) is 6.70. The Balaban J connectivity index is 1.41. The van der Waals surface area contributed by atoms with Crippen LogP contribution >= 0.6 is 0 Å². The van der Waals surface area contributed by atoms with Gasteiger partial charge in [-0.05, 0) is 68.2 Å². The molecule has 2 N–H and O–H groups in total. The van der Waals surface area contributed by atoms with Crippen molar-refractivity contribution in [3.63, 3.8) is 0 Å². The van der Waals surface area contributed by atoms with Gasteiger partial charge in [0.1, 0.15) is 23.6 Å². The Bertz CT molecular complexity index is 1490. The summed E-state index contributed by atoms with van der Waals surface area (Å²) in [6.45, 7) is 7.55. The van der Waals surface area contributed by atoms with E-state index in [-0.39, 0.29) is 16.5 Å². The molecule has 0 spiro atoms. The number of fused-ring (bicyclic) bond motifs is 1. The highest BCUT2D eigenvalue weighted by molar-refractivity contribution is 5.91. The molecule has 1 aliphatic heterocycles. The van der Waals surface area contributed by atoms with Crippen molar-refractivity contribution < 1.29 is 9.53 Å². The van der Waals surface area contributed by atoms with Gasteiger partial charge in [-0.2, -0.15) is 5.26 Å². The third-order valence-electron chi connectivity index (χ3n) is 9.18. The molecule has 2 saturated carbocycles.